The lowest BCUT2D eigenvalue weighted by Crippen LogP contribution is -2.17. The molecule has 0 atom stereocenters. The minimum Gasteiger partial charge on any atom is -0.506 e. The zero-order chi connectivity index (χ0) is 15.4. The first-order valence-electron chi connectivity index (χ1n) is 5.74. The fourth-order valence-corrected chi connectivity index (χ4v) is 3.57. The number of benzene rings is 2. The van der Waals surface area contributed by atoms with E-state index in [1.807, 2.05) is 45.2 Å². The van der Waals surface area contributed by atoms with Crippen molar-refractivity contribution < 1.29 is 9.90 Å². The molecule has 0 fully saturated rings. The highest BCUT2D eigenvalue weighted by molar-refractivity contribution is 14.1. The number of halogens is 3. The summed E-state index contributed by atoms with van der Waals surface area (Å²) in [4.78, 5) is 11.9. The maximum Gasteiger partial charge on any atom is 0.271 e. The Morgan fingerprint density at radius 2 is 1.76 bits per heavy atom. The molecule has 1 amide bonds. The zero-order valence-electron chi connectivity index (χ0n) is 10.5. The topological polar surface area (TPSA) is 61.7 Å². The minimum atomic E-state index is -0.276. The Morgan fingerprint density at radius 1 is 1.19 bits per heavy atom. The quantitative estimate of drug-likeness (QED) is 0.331. The second-order valence-corrected chi connectivity index (χ2v) is 7.28. The van der Waals surface area contributed by atoms with Gasteiger partial charge in [0.25, 0.3) is 5.91 Å². The first-order valence-corrected chi connectivity index (χ1v) is 8.69. The minimum absolute atomic E-state index is 0.257. The number of rotatable bonds is 3. The molecule has 0 saturated carbocycles. The van der Waals surface area contributed by atoms with Crippen LogP contribution in [0.1, 0.15) is 15.9 Å². The van der Waals surface area contributed by atoms with Crippen molar-refractivity contribution in [3.05, 3.63) is 59.1 Å². The molecule has 0 spiro atoms. The number of hydrogen-bond acceptors (Lipinski definition) is 3. The summed E-state index contributed by atoms with van der Waals surface area (Å²) in [6, 6.07) is 10.6. The van der Waals surface area contributed by atoms with Gasteiger partial charge in [-0.1, -0.05) is 15.9 Å². The SMILES string of the molecule is O=C(N/N=C/c1cc(I)c(O)c(I)c1)c1ccc(Br)cc1. The highest BCUT2D eigenvalue weighted by Gasteiger charge is 2.05. The van der Waals surface area contributed by atoms with Gasteiger partial charge in [0.15, 0.2) is 0 Å². The van der Waals surface area contributed by atoms with Crippen LogP contribution >= 0.6 is 61.1 Å². The number of phenolic OH excluding ortho intramolecular Hbond substituents is 1. The second-order valence-electron chi connectivity index (χ2n) is 4.04. The number of nitrogens with zero attached hydrogens (tertiary/aromatic N) is 1. The predicted octanol–water partition coefficient (Wildman–Crippen LogP) is 4.13. The molecular formula is C14H9BrI2N2O2. The lowest BCUT2D eigenvalue weighted by Gasteiger charge is -2.02. The molecule has 2 aromatic rings. The Bertz CT molecular complexity index is 680. The molecule has 0 saturated heterocycles. The number of hydrazone groups is 1. The number of carbonyl (C=O) groups is 1. The summed E-state index contributed by atoms with van der Waals surface area (Å²) in [7, 11) is 0. The average molecular weight is 571 g/mol. The van der Waals surface area contributed by atoms with Crippen LogP contribution in [0.5, 0.6) is 5.75 Å². The number of amides is 1. The molecule has 4 nitrogen and oxygen atoms in total. The van der Waals surface area contributed by atoms with Crippen molar-refractivity contribution in [3.8, 4) is 5.75 Å². The Labute approximate surface area is 157 Å². The van der Waals surface area contributed by atoms with E-state index in [9.17, 15) is 9.90 Å². The van der Waals surface area contributed by atoms with Crippen LogP contribution in [0.4, 0.5) is 0 Å². The molecule has 0 aliphatic rings. The Kier molecular flexibility index (Phi) is 5.99. The third kappa shape index (κ3) is 4.65. The van der Waals surface area contributed by atoms with Crippen LogP contribution in [0.2, 0.25) is 0 Å². The van der Waals surface area contributed by atoms with Crippen molar-refractivity contribution in [1.82, 2.24) is 5.43 Å². The monoisotopic (exact) mass is 570 g/mol. The van der Waals surface area contributed by atoms with E-state index < -0.39 is 0 Å². The van der Waals surface area contributed by atoms with Crippen molar-refractivity contribution in [3.63, 3.8) is 0 Å². The van der Waals surface area contributed by atoms with Gasteiger partial charge < -0.3 is 5.11 Å². The molecule has 0 aliphatic carbocycles. The van der Waals surface area contributed by atoms with Crippen molar-refractivity contribution in [2.45, 2.75) is 0 Å². The van der Waals surface area contributed by atoms with E-state index in [-0.39, 0.29) is 11.7 Å². The number of carbonyl (C=O) groups excluding carboxylic acids is 1. The van der Waals surface area contributed by atoms with Gasteiger partial charge in [0.1, 0.15) is 5.75 Å². The molecule has 108 valence electrons. The van der Waals surface area contributed by atoms with Crippen molar-refractivity contribution in [2.24, 2.45) is 5.10 Å². The second kappa shape index (κ2) is 7.54. The van der Waals surface area contributed by atoms with Gasteiger partial charge in [-0.15, -0.1) is 0 Å². The van der Waals surface area contributed by atoms with E-state index >= 15 is 0 Å². The lowest BCUT2D eigenvalue weighted by molar-refractivity contribution is 0.0955. The van der Waals surface area contributed by atoms with Crippen LogP contribution in [-0.2, 0) is 0 Å². The highest BCUT2D eigenvalue weighted by Crippen LogP contribution is 2.26. The van der Waals surface area contributed by atoms with Gasteiger partial charge in [-0.25, -0.2) is 5.43 Å². The zero-order valence-corrected chi connectivity index (χ0v) is 16.4. The van der Waals surface area contributed by atoms with Gasteiger partial charge in [0.2, 0.25) is 0 Å². The molecule has 2 N–H and O–H groups in total. The first-order chi connectivity index (χ1) is 9.97. The van der Waals surface area contributed by atoms with E-state index in [0.717, 1.165) is 17.2 Å². The lowest BCUT2D eigenvalue weighted by atomic mass is 10.2. The molecule has 0 unspecified atom stereocenters. The third-order valence-corrected chi connectivity index (χ3v) is 4.70. The Morgan fingerprint density at radius 3 is 2.33 bits per heavy atom. The van der Waals surface area contributed by atoms with Gasteiger partial charge in [0, 0.05) is 10.0 Å². The fraction of sp³-hybridized carbons (Fsp3) is 0. The maximum absolute atomic E-state index is 11.9. The van der Waals surface area contributed by atoms with Crippen molar-refractivity contribution >= 4 is 73.2 Å². The molecule has 7 heteroatoms. The van der Waals surface area contributed by atoms with Gasteiger partial charge in [0.05, 0.1) is 13.4 Å². The molecule has 0 bridgehead atoms. The van der Waals surface area contributed by atoms with Crippen molar-refractivity contribution in [2.75, 3.05) is 0 Å². The summed E-state index contributed by atoms with van der Waals surface area (Å²) in [6.45, 7) is 0. The van der Waals surface area contributed by atoms with Crippen LogP contribution in [0.15, 0.2) is 46.0 Å². The third-order valence-electron chi connectivity index (χ3n) is 2.53. The summed E-state index contributed by atoms with van der Waals surface area (Å²) in [5, 5.41) is 13.6. The molecule has 2 aromatic carbocycles. The summed E-state index contributed by atoms with van der Waals surface area (Å²) >= 11 is 7.40. The maximum atomic E-state index is 11.9. The molecular weight excluding hydrogens is 562 g/mol. The Balaban J connectivity index is 2.05. The molecule has 0 heterocycles. The van der Waals surface area contributed by atoms with Crippen molar-refractivity contribution in [1.29, 1.82) is 0 Å². The van der Waals surface area contributed by atoms with E-state index in [4.69, 9.17) is 0 Å². The van der Waals surface area contributed by atoms with E-state index in [0.29, 0.717) is 5.56 Å². The smallest absolute Gasteiger partial charge is 0.271 e. The van der Waals surface area contributed by atoms with Gasteiger partial charge in [-0.05, 0) is 87.1 Å². The first kappa shape index (κ1) is 16.7. The normalized spacial score (nSPS) is 10.8. The fourth-order valence-electron chi connectivity index (χ4n) is 1.49. The van der Waals surface area contributed by atoms with E-state index in [1.165, 1.54) is 0 Å². The number of phenols is 1. The summed E-state index contributed by atoms with van der Waals surface area (Å²) < 4.78 is 2.39. The average Bonchev–Trinajstić information content (AvgIpc) is 2.45. The Hall–Kier alpha value is -0.680. The van der Waals surface area contributed by atoms with Crippen LogP contribution in [0, 0.1) is 7.14 Å². The molecule has 0 aliphatic heterocycles. The molecule has 21 heavy (non-hydrogen) atoms. The van der Waals surface area contributed by atoms with E-state index in [1.54, 1.807) is 42.6 Å². The van der Waals surface area contributed by atoms with Crippen LogP contribution < -0.4 is 5.43 Å². The van der Waals surface area contributed by atoms with Gasteiger partial charge >= 0.3 is 0 Å². The van der Waals surface area contributed by atoms with Crippen LogP contribution in [0.25, 0.3) is 0 Å². The standard InChI is InChI=1S/C14H9BrI2N2O2/c15-10-3-1-9(2-4-10)14(21)19-18-7-8-5-11(16)13(20)12(17)6-8/h1-7,20H,(H,19,21)/b18-7+. The van der Waals surface area contributed by atoms with Crippen LogP contribution in [0.3, 0.4) is 0 Å². The number of nitrogens with one attached hydrogen (secondary N) is 1. The molecule has 2 rings (SSSR count). The number of aromatic hydroxyl groups is 1. The summed E-state index contributed by atoms with van der Waals surface area (Å²) in [5.74, 6) is -0.0193. The highest BCUT2D eigenvalue weighted by atomic mass is 127. The van der Waals surface area contributed by atoms with Gasteiger partial charge in [-0.2, -0.15) is 5.10 Å². The molecule has 0 aromatic heterocycles. The van der Waals surface area contributed by atoms with E-state index in [2.05, 4.69) is 26.5 Å². The predicted molar refractivity (Wildman–Crippen MR) is 103 cm³/mol. The summed E-state index contributed by atoms with van der Waals surface area (Å²) in [5.41, 5.74) is 3.80. The largest absolute Gasteiger partial charge is 0.506 e. The van der Waals surface area contributed by atoms with Gasteiger partial charge in [-0.3, -0.25) is 4.79 Å². The summed E-state index contributed by atoms with van der Waals surface area (Å²) in [6.07, 6.45) is 1.54. The number of hydrogen-bond donors (Lipinski definition) is 2. The van der Waals surface area contributed by atoms with Crippen LogP contribution in [-0.4, -0.2) is 17.2 Å². The molecule has 0 radical (unpaired) electrons.